The van der Waals surface area contributed by atoms with Gasteiger partial charge >= 0.3 is 11.7 Å². The number of hydrogen-bond acceptors (Lipinski definition) is 7. The number of ether oxygens (including phenoxy) is 1. The van der Waals surface area contributed by atoms with E-state index >= 15 is 0 Å². The van der Waals surface area contributed by atoms with Gasteiger partial charge in [0, 0.05) is 12.6 Å². The summed E-state index contributed by atoms with van der Waals surface area (Å²) in [7, 11) is 1.24. The fraction of sp³-hybridized carbons (Fsp3) is 0.538. The van der Waals surface area contributed by atoms with E-state index in [9.17, 15) is 14.9 Å². The van der Waals surface area contributed by atoms with Crippen molar-refractivity contribution in [3.05, 3.63) is 27.9 Å². The zero-order valence-corrected chi connectivity index (χ0v) is 12.9. The zero-order chi connectivity index (χ0) is 15.7. The van der Waals surface area contributed by atoms with Crippen molar-refractivity contribution in [3.8, 4) is 0 Å². The quantitative estimate of drug-likeness (QED) is 0.324. The zero-order valence-electron chi connectivity index (χ0n) is 12.1. The molecular formula is C13H19N3O4S. The third-order valence-electron chi connectivity index (χ3n) is 2.78. The lowest BCUT2D eigenvalue weighted by atomic mass is 10.2. The maximum Gasteiger partial charge on any atom is 0.356 e. The number of esters is 1. The summed E-state index contributed by atoms with van der Waals surface area (Å²) in [5.74, 6) is 0.594. The number of rotatable bonds is 9. The van der Waals surface area contributed by atoms with Crippen LogP contribution >= 0.6 is 11.8 Å². The van der Waals surface area contributed by atoms with Gasteiger partial charge in [-0.2, -0.15) is 11.8 Å². The van der Waals surface area contributed by atoms with Gasteiger partial charge in [-0.05, 0) is 30.9 Å². The maximum atomic E-state index is 11.4. The lowest BCUT2D eigenvalue weighted by Gasteiger charge is -2.07. The van der Waals surface area contributed by atoms with Crippen molar-refractivity contribution in [2.24, 2.45) is 0 Å². The van der Waals surface area contributed by atoms with Gasteiger partial charge in [-0.3, -0.25) is 10.1 Å². The molecule has 0 amide bonds. The molecule has 8 heteroatoms. The second-order valence-electron chi connectivity index (χ2n) is 4.29. The molecule has 21 heavy (non-hydrogen) atoms. The maximum absolute atomic E-state index is 11.4. The summed E-state index contributed by atoms with van der Waals surface area (Å²) in [4.78, 5) is 25.8. The van der Waals surface area contributed by atoms with E-state index in [0.717, 1.165) is 25.0 Å². The van der Waals surface area contributed by atoms with Crippen molar-refractivity contribution in [2.75, 3.05) is 31.0 Å². The molecule has 0 fully saturated rings. The highest BCUT2D eigenvalue weighted by Crippen LogP contribution is 2.22. The number of pyridine rings is 1. The van der Waals surface area contributed by atoms with E-state index in [0.29, 0.717) is 6.54 Å². The number of nitro groups is 1. The Morgan fingerprint density at radius 2 is 2.19 bits per heavy atom. The van der Waals surface area contributed by atoms with Crippen molar-refractivity contribution in [1.29, 1.82) is 0 Å². The van der Waals surface area contributed by atoms with Crippen LogP contribution in [0.5, 0.6) is 0 Å². The third-order valence-corrected chi connectivity index (χ3v) is 3.48. The van der Waals surface area contributed by atoms with Gasteiger partial charge in [0.05, 0.1) is 12.0 Å². The van der Waals surface area contributed by atoms with E-state index in [1.165, 1.54) is 19.2 Å². The first-order chi connectivity index (χ1) is 10.1. The minimum absolute atomic E-state index is 0.0491. The molecule has 0 unspecified atom stereocenters. The van der Waals surface area contributed by atoms with Crippen LogP contribution in [0.3, 0.4) is 0 Å². The topological polar surface area (TPSA) is 94.4 Å². The van der Waals surface area contributed by atoms with Gasteiger partial charge in [0.1, 0.15) is 0 Å². The second kappa shape index (κ2) is 9.17. The summed E-state index contributed by atoms with van der Waals surface area (Å²) in [6, 6.07) is 2.54. The molecule has 1 rings (SSSR count). The highest BCUT2D eigenvalue weighted by Gasteiger charge is 2.18. The molecule has 0 aromatic carbocycles. The van der Waals surface area contributed by atoms with Gasteiger partial charge in [0.25, 0.3) is 0 Å². The van der Waals surface area contributed by atoms with Crippen molar-refractivity contribution in [2.45, 2.75) is 19.3 Å². The van der Waals surface area contributed by atoms with Crippen LogP contribution in [0.1, 0.15) is 29.8 Å². The Bertz CT molecular complexity index is 496. The molecule has 0 saturated heterocycles. The largest absolute Gasteiger partial charge is 0.464 e. The van der Waals surface area contributed by atoms with E-state index in [1.807, 2.05) is 0 Å². The Labute approximate surface area is 127 Å². The number of anilines is 1. The Balaban J connectivity index is 2.68. The third kappa shape index (κ3) is 5.58. The molecule has 0 bridgehead atoms. The smallest absolute Gasteiger partial charge is 0.356 e. The molecule has 0 aliphatic carbocycles. The van der Waals surface area contributed by atoms with Crippen LogP contribution in [0.15, 0.2) is 12.1 Å². The Kier molecular flexibility index (Phi) is 7.52. The van der Waals surface area contributed by atoms with E-state index < -0.39 is 10.9 Å². The monoisotopic (exact) mass is 313 g/mol. The van der Waals surface area contributed by atoms with Crippen LogP contribution in [0, 0.1) is 10.1 Å². The normalized spacial score (nSPS) is 10.2. The lowest BCUT2D eigenvalue weighted by Crippen LogP contribution is -2.11. The molecule has 0 aliphatic rings. The average molecular weight is 313 g/mol. The molecule has 0 saturated carbocycles. The Hall–Kier alpha value is -1.83. The molecule has 1 heterocycles. The molecule has 1 aromatic heterocycles. The van der Waals surface area contributed by atoms with Crippen LogP contribution in [0.4, 0.5) is 11.5 Å². The fourth-order valence-electron chi connectivity index (χ4n) is 1.70. The number of carbonyl (C=O) groups is 1. The van der Waals surface area contributed by atoms with Crippen LogP contribution in [0.25, 0.3) is 0 Å². The molecule has 0 aliphatic heterocycles. The van der Waals surface area contributed by atoms with E-state index in [1.54, 1.807) is 11.8 Å². The molecule has 1 N–H and O–H groups in total. The number of thioether (sulfide) groups is 1. The van der Waals surface area contributed by atoms with Crippen molar-refractivity contribution >= 4 is 29.2 Å². The molecular weight excluding hydrogens is 294 g/mol. The first-order valence-corrected chi connectivity index (χ1v) is 7.96. The number of nitrogens with one attached hydrogen (secondary N) is 1. The fourth-order valence-corrected chi connectivity index (χ4v) is 2.20. The molecule has 116 valence electrons. The predicted octanol–water partition coefficient (Wildman–Crippen LogP) is 2.72. The molecule has 7 nitrogen and oxygen atoms in total. The highest BCUT2D eigenvalue weighted by atomic mass is 32.2. The van der Waals surface area contributed by atoms with Gasteiger partial charge in [-0.25, -0.2) is 9.78 Å². The Morgan fingerprint density at radius 1 is 1.43 bits per heavy atom. The van der Waals surface area contributed by atoms with Crippen molar-refractivity contribution < 1.29 is 14.5 Å². The number of unbranched alkanes of at least 4 members (excludes halogenated alkanes) is 2. The van der Waals surface area contributed by atoms with Crippen molar-refractivity contribution in [3.63, 3.8) is 0 Å². The highest BCUT2D eigenvalue weighted by molar-refractivity contribution is 7.98. The second-order valence-corrected chi connectivity index (χ2v) is 5.28. The van der Waals surface area contributed by atoms with E-state index in [2.05, 4.69) is 21.3 Å². The summed E-state index contributed by atoms with van der Waals surface area (Å²) in [5, 5.41) is 13.9. The number of aromatic nitrogens is 1. The van der Waals surface area contributed by atoms with Gasteiger partial charge in [0.2, 0.25) is 5.82 Å². The first kappa shape index (κ1) is 17.2. The molecule has 1 aromatic rings. The number of methoxy groups -OCH3 is 1. The summed E-state index contributed by atoms with van der Waals surface area (Å²) in [6.07, 6.45) is 5.10. The number of nitrogens with zero attached hydrogens (tertiary/aromatic N) is 2. The minimum atomic E-state index is -0.618. The molecule has 0 spiro atoms. The van der Waals surface area contributed by atoms with Gasteiger partial charge in [-0.1, -0.05) is 6.42 Å². The Morgan fingerprint density at radius 3 is 2.81 bits per heavy atom. The molecule has 0 radical (unpaired) electrons. The summed E-state index contributed by atoms with van der Waals surface area (Å²) >= 11 is 1.80. The van der Waals surface area contributed by atoms with Crippen molar-refractivity contribution in [1.82, 2.24) is 4.98 Å². The van der Waals surface area contributed by atoms with Gasteiger partial charge < -0.3 is 10.1 Å². The van der Waals surface area contributed by atoms with E-state index in [-0.39, 0.29) is 17.2 Å². The lowest BCUT2D eigenvalue weighted by molar-refractivity contribution is -0.384. The minimum Gasteiger partial charge on any atom is -0.464 e. The van der Waals surface area contributed by atoms with Crippen LogP contribution in [-0.2, 0) is 4.74 Å². The van der Waals surface area contributed by atoms with Gasteiger partial charge in [0.15, 0.2) is 5.69 Å². The number of hydrogen-bond donors (Lipinski definition) is 1. The standard InChI is InChI=1S/C13H19N3O4S/c1-20-13(17)10-6-7-11(16(18)19)12(15-10)14-8-4-3-5-9-21-2/h6-7H,3-5,8-9H2,1-2H3,(H,14,15). The first-order valence-electron chi connectivity index (χ1n) is 6.56. The summed E-state index contributed by atoms with van der Waals surface area (Å²) in [5.41, 5.74) is -0.0975. The predicted molar refractivity (Wildman–Crippen MR) is 83.0 cm³/mol. The summed E-state index contributed by atoms with van der Waals surface area (Å²) in [6.45, 7) is 0.576. The van der Waals surface area contributed by atoms with Crippen LogP contribution < -0.4 is 5.32 Å². The number of carbonyl (C=O) groups excluding carboxylic acids is 1. The van der Waals surface area contributed by atoms with E-state index in [4.69, 9.17) is 0 Å². The van der Waals surface area contributed by atoms with Crippen LogP contribution in [0.2, 0.25) is 0 Å². The average Bonchev–Trinajstić information content (AvgIpc) is 2.49. The SMILES string of the molecule is COC(=O)c1ccc([N+](=O)[O-])c(NCCCCCSC)n1. The van der Waals surface area contributed by atoms with Gasteiger partial charge in [-0.15, -0.1) is 0 Å². The summed E-state index contributed by atoms with van der Waals surface area (Å²) < 4.78 is 4.56. The molecule has 0 atom stereocenters. The van der Waals surface area contributed by atoms with Crippen LogP contribution in [-0.4, -0.2) is 41.5 Å².